The van der Waals surface area contributed by atoms with Crippen molar-refractivity contribution in [2.75, 3.05) is 13.6 Å². The maximum Gasteiger partial charge on any atom is 0.269 e. The quantitative estimate of drug-likeness (QED) is 0.507. The number of hydrogen-bond donors (Lipinski definition) is 1. The standard InChI is InChI=1S/C29H41N5O/c1-5-8-9-10-16-30-29(35)28-19-24(25(12-6-2)26(7-3)33-28)18-22-14-15-27(31-20-22)23-13-11-17-32-34(4)21-23/h7,12,15,17,19-22H,5-6,8-11,13-14,16,18H2,1-4H3,(H,30,35)/b25-12-,26-7+. The number of rotatable bonds is 10. The molecule has 1 unspecified atom stereocenters. The summed E-state index contributed by atoms with van der Waals surface area (Å²) in [5, 5.41) is 11.3. The largest absolute Gasteiger partial charge is 0.351 e. The Morgan fingerprint density at radius 2 is 2.11 bits per heavy atom. The van der Waals surface area contributed by atoms with E-state index in [0.29, 0.717) is 18.2 Å². The van der Waals surface area contributed by atoms with E-state index in [9.17, 15) is 4.79 Å². The first-order valence-corrected chi connectivity index (χ1v) is 13.2. The highest BCUT2D eigenvalue weighted by Gasteiger charge is 2.17. The lowest BCUT2D eigenvalue weighted by atomic mass is 9.92. The molecular formula is C29H41N5O. The van der Waals surface area contributed by atoms with Crippen molar-refractivity contribution in [3.63, 3.8) is 0 Å². The zero-order chi connectivity index (χ0) is 25.0. The van der Waals surface area contributed by atoms with E-state index in [1.807, 2.05) is 37.3 Å². The SMILES string of the molecule is C/C=c1/nc(C(=O)NCCCCCC)cc(CC2C=NC(C3=CN(C)N=CCC3)=CC2)/c1=C/CC. The zero-order valence-electron chi connectivity index (χ0n) is 21.9. The summed E-state index contributed by atoms with van der Waals surface area (Å²) in [6.45, 7) is 7.02. The number of aromatic nitrogens is 1. The predicted octanol–water partition coefficient (Wildman–Crippen LogP) is 4.50. The molecule has 2 aliphatic rings. The molecule has 1 N–H and O–H groups in total. The van der Waals surface area contributed by atoms with Gasteiger partial charge in [0.05, 0.1) is 11.0 Å². The number of pyridine rings is 1. The van der Waals surface area contributed by atoms with E-state index in [2.05, 4.69) is 48.8 Å². The average Bonchev–Trinajstić information content (AvgIpc) is 3.09. The Morgan fingerprint density at radius 1 is 1.26 bits per heavy atom. The Morgan fingerprint density at radius 3 is 2.83 bits per heavy atom. The van der Waals surface area contributed by atoms with Crippen LogP contribution in [0.1, 0.15) is 88.2 Å². The molecule has 3 heterocycles. The van der Waals surface area contributed by atoms with Crippen molar-refractivity contribution in [3.05, 3.63) is 51.4 Å². The number of allylic oxidation sites excluding steroid dienone is 2. The van der Waals surface area contributed by atoms with Crippen LogP contribution < -0.4 is 15.9 Å². The third-order valence-electron chi connectivity index (χ3n) is 6.40. The normalized spacial score (nSPS) is 19.0. The molecule has 1 aromatic heterocycles. The van der Waals surface area contributed by atoms with Gasteiger partial charge in [-0.3, -0.25) is 14.8 Å². The van der Waals surface area contributed by atoms with Crippen molar-refractivity contribution < 1.29 is 4.79 Å². The molecule has 1 amide bonds. The summed E-state index contributed by atoms with van der Waals surface area (Å²) in [7, 11) is 1.95. The van der Waals surface area contributed by atoms with Crippen LogP contribution in [-0.4, -0.2) is 41.9 Å². The van der Waals surface area contributed by atoms with Crippen LogP contribution in [0, 0.1) is 5.92 Å². The van der Waals surface area contributed by atoms with Gasteiger partial charge in [0.1, 0.15) is 5.69 Å². The summed E-state index contributed by atoms with van der Waals surface area (Å²) < 4.78 is 0. The van der Waals surface area contributed by atoms with E-state index in [-0.39, 0.29) is 5.91 Å². The van der Waals surface area contributed by atoms with Crippen molar-refractivity contribution in [1.29, 1.82) is 0 Å². The van der Waals surface area contributed by atoms with Crippen LogP contribution in [0.15, 0.2) is 39.7 Å². The molecule has 1 aromatic rings. The van der Waals surface area contributed by atoms with Crippen LogP contribution in [0.25, 0.3) is 12.2 Å². The minimum absolute atomic E-state index is 0.0833. The summed E-state index contributed by atoms with van der Waals surface area (Å²) >= 11 is 0. The Labute approximate surface area is 210 Å². The van der Waals surface area contributed by atoms with Crippen LogP contribution in [0.3, 0.4) is 0 Å². The highest BCUT2D eigenvalue weighted by atomic mass is 16.1. The second kappa shape index (κ2) is 13.8. The second-order valence-electron chi connectivity index (χ2n) is 9.32. The number of aliphatic imine (C=N–C) groups is 1. The van der Waals surface area contributed by atoms with Crippen molar-refractivity contribution in [1.82, 2.24) is 15.3 Å². The van der Waals surface area contributed by atoms with Crippen LogP contribution in [0.5, 0.6) is 0 Å². The van der Waals surface area contributed by atoms with Gasteiger partial charge >= 0.3 is 0 Å². The molecule has 6 heteroatoms. The monoisotopic (exact) mass is 475 g/mol. The molecule has 0 fully saturated rings. The summed E-state index contributed by atoms with van der Waals surface area (Å²) in [5.41, 5.74) is 3.96. The van der Waals surface area contributed by atoms with Gasteiger partial charge in [0.25, 0.3) is 5.91 Å². The van der Waals surface area contributed by atoms with E-state index < -0.39 is 0 Å². The topological polar surface area (TPSA) is 70.0 Å². The molecule has 35 heavy (non-hydrogen) atoms. The summed E-state index contributed by atoms with van der Waals surface area (Å²) in [6, 6.07) is 1.99. The molecule has 0 aromatic carbocycles. The molecule has 0 aliphatic carbocycles. The molecule has 188 valence electrons. The summed E-state index contributed by atoms with van der Waals surface area (Å²) in [6.07, 6.45) is 21.7. The molecule has 2 aliphatic heterocycles. The third-order valence-corrected chi connectivity index (χ3v) is 6.40. The molecular weight excluding hydrogens is 434 g/mol. The zero-order valence-corrected chi connectivity index (χ0v) is 21.9. The fourth-order valence-electron chi connectivity index (χ4n) is 4.54. The molecule has 0 bridgehead atoms. The van der Waals surface area contributed by atoms with E-state index in [4.69, 9.17) is 9.98 Å². The Balaban J connectivity index is 1.76. The number of unbranched alkanes of at least 4 members (excludes halogenated alkanes) is 3. The Bertz CT molecular complexity index is 1110. The lowest BCUT2D eigenvalue weighted by Gasteiger charge is -2.18. The molecule has 0 radical (unpaired) electrons. The Kier molecular flexibility index (Phi) is 10.5. The maximum atomic E-state index is 12.9. The number of carbonyl (C=O) groups is 1. The fourth-order valence-corrected chi connectivity index (χ4v) is 4.54. The van der Waals surface area contributed by atoms with Crippen molar-refractivity contribution in [2.45, 2.75) is 78.6 Å². The minimum atomic E-state index is -0.0833. The van der Waals surface area contributed by atoms with E-state index in [0.717, 1.165) is 61.2 Å². The smallest absolute Gasteiger partial charge is 0.269 e. The highest BCUT2D eigenvalue weighted by Crippen LogP contribution is 2.25. The molecule has 0 saturated heterocycles. The molecule has 3 rings (SSSR count). The van der Waals surface area contributed by atoms with Crippen LogP contribution in [0.2, 0.25) is 0 Å². The summed E-state index contributed by atoms with van der Waals surface area (Å²) in [4.78, 5) is 22.4. The molecule has 1 atom stereocenters. The lowest BCUT2D eigenvalue weighted by Crippen LogP contribution is -2.37. The van der Waals surface area contributed by atoms with E-state index >= 15 is 0 Å². The van der Waals surface area contributed by atoms with Gasteiger partial charge < -0.3 is 5.32 Å². The molecule has 6 nitrogen and oxygen atoms in total. The van der Waals surface area contributed by atoms with E-state index in [1.54, 1.807) is 0 Å². The van der Waals surface area contributed by atoms with Gasteiger partial charge in [-0.25, -0.2) is 4.98 Å². The van der Waals surface area contributed by atoms with Crippen LogP contribution in [-0.2, 0) is 6.42 Å². The minimum Gasteiger partial charge on any atom is -0.351 e. The third kappa shape index (κ3) is 7.74. The number of nitrogens with zero attached hydrogens (tertiary/aromatic N) is 4. The molecule has 0 spiro atoms. The van der Waals surface area contributed by atoms with Crippen LogP contribution in [0.4, 0.5) is 0 Å². The van der Waals surface area contributed by atoms with Crippen molar-refractivity contribution >= 4 is 30.5 Å². The van der Waals surface area contributed by atoms with E-state index in [1.165, 1.54) is 24.0 Å². The predicted molar refractivity (Wildman–Crippen MR) is 147 cm³/mol. The average molecular weight is 476 g/mol. The fraction of sp³-hybridized carbons (Fsp3) is 0.517. The van der Waals surface area contributed by atoms with Gasteiger partial charge in [0, 0.05) is 38.1 Å². The number of nitrogens with one attached hydrogen (secondary N) is 1. The van der Waals surface area contributed by atoms with Gasteiger partial charge in [-0.1, -0.05) is 51.3 Å². The summed E-state index contributed by atoms with van der Waals surface area (Å²) in [5.74, 6) is 0.209. The van der Waals surface area contributed by atoms with Crippen molar-refractivity contribution in [2.24, 2.45) is 16.0 Å². The van der Waals surface area contributed by atoms with Gasteiger partial charge in [-0.15, -0.1) is 0 Å². The lowest BCUT2D eigenvalue weighted by molar-refractivity contribution is 0.0947. The first-order valence-electron chi connectivity index (χ1n) is 13.2. The number of carbonyl (C=O) groups excluding carboxylic acids is 1. The second-order valence-corrected chi connectivity index (χ2v) is 9.32. The van der Waals surface area contributed by atoms with Gasteiger partial charge in [0.15, 0.2) is 0 Å². The maximum absolute atomic E-state index is 12.9. The van der Waals surface area contributed by atoms with Gasteiger partial charge in [-0.2, -0.15) is 5.10 Å². The highest BCUT2D eigenvalue weighted by molar-refractivity contribution is 5.92. The molecule has 0 saturated carbocycles. The Hall–Kier alpha value is -3.02. The van der Waals surface area contributed by atoms with Crippen molar-refractivity contribution in [3.8, 4) is 0 Å². The first kappa shape index (κ1) is 26.6. The first-order chi connectivity index (χ1) is 17.0. The number of amides is 1. The number of hydrazone groups is 1. The van der Waals surface area contributed by atoms with Crippen LogP contribution >= 0.6 is 0 Å². The number of hydrogen-bond acceptors (Lipinski definition) is 5. The van der Waals surface area contributed by atoms with Gasteiger partial charge in [-0.05, 0) is 67.9 Å². The van der Waals surface area contributed by atoms with Gasteiger partial charge in [0.2, 0.25) is 0 Å².